The minimum atomic E-state index is -4.93. The summed E-state index contributed by atoms with van der Waals surface area (Å²) < 4.78 is 45.3. The molecule has 0 spiro atoms. The van der Waals surface area contributed by atoms with Gasteiger partial charge in [-0.15, -0.1) is 13.2 Å². The fourth-order valence-corrected chi connectivity index (χ4v) is 1.45. The number of esters is 1. The molecule has 0 saturated heterocycles. The number of ether oxygens (including phenoxy) is 2. The van der Waals surface area contributed by atoms with Gasteiger partial charge in [-0.2, -0.15) is 0 Å². The van der Waals surface area contributed by atoms with E-state index in [2.05, 4.69) is 14.5 Å². The van der Waals surface area contributed by atoms with Gasteiger partial charge >= 0.3 is 12.3 Å². The predicted octanol–water partition coefficient (Wildman–Crippen LogP) is 1.13. The molecule has 0 aliphatic heterocycles. The van der Waals surface area contributed by atoms with Gasteiger partial charge in [0.05, 0.1) is 24.4 Å². The minimum Gasteiger partial charge on any atom is -0.466 e. The van der Waals surface area contributed by atoms with Gasteiger partial charge in [0, 0.05) is 12.1 Å². The van der Waals surface area contributed by atoms with Crippen molar-refractivity contribution < 1.29 is 27.4 Å². The number of pyridine rings is 1. The number of nitrogens with zero attached hydrogens (tertiary/aromatic N) is 1. The summed E-state index contributed by atoms with van der Waals surface area (Å²) in [4.78, 5) is 14.9. The van der Waals surface area contributed by atoms with E-state index < -0.39 is 24.6 Å². The fourth-order valence-electron chi connectivity index (χ4n) is 1.45. The second kappa shape index (κ2) is 6.42. The molecule has 0 unspecified atom stereocenters. The highest BCUT2D eigenvalue weighted by Gasteiger charge is 2.33. The maximum atomic E-state index is 12.3. The van der Waals surface area contributed by atoms with E-state index in [9.17, 15) is 18.0 Å². The minimum absolute atomic E-state index is 0.0526. The molecule has 1 rings (SSSR count). The first-order valence-corrected chi connectivity index (χ1v) is 5.66. The van der Waals surface area contributed by atoms with E-state index in [1.165, 1.54) is 6.07 Å². The van der Waals surface area contributed by atoms with Crippen LogP contribution < -0.4 is 16.2 Å². The van der Waals surface area contributed by atoms with Crippen molar-refractivity contribution in [2.45, 2.75) is 26.3 Å². The third-order valence-corrected chi connectivity index (χ3v) is 2.22. The van der Waals surface area contributed by atoms with Crippen molar-refractivity contribution in [3.05, 3.63) is 17.3 Å². The quantitative estimate of drug-likeness (QED) is 0.789. The Morgan fingerprint density at radius 2 is 2.10 bits per heavy atom. The first-order chi connectivity index (χ1) is 9.26. The van der Waals surface area contributed by atoms with E-state index in [0.717, 1.165) is 0 Å². The van der Waals surface area contributed by atoms with Crippen LogP contribution in [-0.2, 0) is 22.5 Å². The van der Waals surface area contributed by atoms with Crippen LogP contribution in [0, 0.1) is 0 Å². The number of hydrogen-bond donors (Lipinski definition) is 2. The van der Waals surface area contributed by atoms with Gasteiger partial charge in [0.15, 0.2) is 0 Å². The van der Waals surface area contributed by atoms with Gasteiger partial charge in [0.2, 0.25) is 5.88 Å². The van der Waals surface area contributed by atoms with Crippen LogP contribution in [0.2, 0.25) is 0 Å². The summed E-state index contributed by atoms with van der Waals surface area (Å²) in [7, 11) is 0. The van der Waals surface area contributed by atoms with Gasteiger partial charge in [-0.1, -0.05) is 0 Å². The van der Waals surface area contributed by atoms with E-state index in [1.54, 1.807) is 6.92 Å². The third-order valence-electron chi connectivity index (χ3n) is 2.22. The summed E-state index contributed by atoms with van der Waals surface area (Å²) in [5, 5.41) is 0. The van der Waals surface area contributed by atoms with E-state index >= 15 is 0 Å². The van der Waals surface area contributed by atoms with Crippen LogP contribution in [0.1, 0.15) is 18.2 Å². The number of hydrogen-bond acceptors (Lipinski definition) is 6. The smallest absolute Gasteiger partial charge is 0.466 e. The molecule has 0 bridgehead atoms. The van der Waals surface area contributed by atoms with Crippen molar-refractivity contribution in [3.63, 3.8) is 0 Å². The lowest BCUT2D eigenvalue weighted by Crippen LogP contribution is -2.21. The van der Waals surface area contributed by atoms with Gasteiger partial charge in [-0.05, 0) is 13.0 Å². The number of nitrogens with two attached hydrogens (primary N) is 2. The molecule has 6 nitrogen and oxygen atoms in total. The van der Waals surface area contributed by atoms with Crippen LogP contribution in [0.3, 0.4) is 0 Å². The van der Waals surface area contributed by atoms with Crippen LogP contribution in [0.4, 0.5) is 18.9 Å². The lowest BCUT2D eigenvalue weighted by molar-refractivity contribution is -0.276. The maximum absolute atomic E-state index is 12.3. The molecule has 20 heavy (non-hydrogen) atoms. The average molecular weight is 293 g/mol. The number of nitrogen functional groups attached to an aromatic ring is 1. The first-order valence-electron chi connectivity index (χ1n) is 5.66. The molecule has 0 atom stereocenters. The predicted molar refractivity (Wildman–Crippen MR) is 63.6 cm³/mol. The Hall–Kier alpha value is -2.03. The van der Waals surface area contributed by atoms with Crippen molar-refractivity contribution in [3.8, 4) is 5.88 Å². The summed E-state index contributed by atoms with van der Waals surface area (Å²) in [6.45, 7) is 1.53. The Kier molecular flexibility index (Phi) is 5.14. The third kappa shape index (κ3) is 4.57. The summed E-state index contributed by atoms with van der Waals surface area (Å²) in [6, 6.07) is 1.17. The van der Waals surface area contributed by atoms with E-state index in [-0.39, 0.29) is 30.1 Å². The molecule has 1 aromatic rings. The number of aromatic nitrogens is 1. The van der Waals surface area contributed by atoms with Crippen molar-refractivity contribution in [2.75, 3.05) is 12.3 Å². The molecular formula is C11H14F3N3O3. The summed E-state index contributed by atoms with van der Waals surface area (Å²) >= 11 is 0. The fraction of sp³-hybridized carbons (Fsp3) is 0.455. The normalized spacial score (nSPS) is 11.2. The van der Waals surface area contributed by atoms with E-state index in [0.29, 0.717) is 0 Å². The number of anilines is 1. The van der Waals surface area contributed by atoms with Crippen LogP contribution in [-0.4, -0.2) is 23.9 Å². The molecule has 0 saturated carbocycles. The monoisotopic (exact) mass is 293 g/mol. The molecule has 9 heteroatoms. The highest BCUT2D eigenvalue weighted by molar-refractivity contribution is 5.74. The van der Waals surface area contributed by atoms with Crippen LogP contribution in [0.25, 0.3) is 0 Å². The first kappa shape index (κ1) is 16.0. The molecule has 0 radical (unpaired) electrons. The van der Waals surface area contributed by atoms with Crippen molar-refractivity contribution in [2.24, 2.45) is 5.73 Å². The zero-order valence-electron chi connectivity index (χ0n) is 10.7. The second-order valence-corrected chi connectivity index (χ2v) is 3.72. The Morgan fingerprint density at radius 1 is 1.45 bits per heavy atom. The summed E-state index contributed by atoms with van der Waals surface area (Å²) in [6.07, 6.45) is -5.36. The second-order valence-electron chi connectivity index (χ2n) is 3.72. The zero-order chi connectivity index (χ0) is 15.3. The van der Waals surface area contributed by atoms with Crippen LogP contribution in [0.5, 0.6) is 5.88 Å². The van der Waals surface area contributed by atoms with Crippen molar-refractivity contribution in [1.29, 1.82) is 0 Å². The van der Waals surface area contributed by atoms with E-state index in [1.807, 2.05) is 0 Å². The number of halogens is 3. The summed E-state index contributed by atoms with van der Waals surface area (Å²) in [5.74, 6) is -1.46. The van der Waals surface area contributed by atoms with E-state index in [4.69, 9.17) is 11.5 Å². The maximum Gasteiger partial charge on any atom is 0.574 e. The SMILES string of the molecule is CCOC(=O)Cc1cc(N)c(CN)nc1OC(F)(F)F. The highest BCUT2D eigenvalue weighted by Crippen LogP contribution is 2.28. The number of carbonyl (C=O) groups excluding carboxylic acids is 1. The highest BCUT2D eigenvalue weighted by atomic mass is 19.4. The van der Waals surface area contributed by atoms with Gasteiger partial charge in [-0.3, -0.25) is 4.79 Å². The van der Waals surface area contributed by atoms with Crippen LogP contribution in [0.15, 0.2) is 6.07 Å². The Balaban J connectivity index is 3.12. The topological polar surface area (TPSA) is 100 Å². The molecule has 0 aliphatic carbocycles. The Labute approximate surface area is 112 Å². The number of alkyl halides is 3. The van der Waals surface area contributed by atoms with Crippen molar-refractivity contribution >= 4 is 11.7 Å². The Bertz CT molecular complexity index is 492. The molecule has 1 aromatic heterocycles. The van der Waals surface area contributed by atoms with Gasteiger partial charge < -0.3 is 20.9 Å². The van der Waals surface area contributed by atoms with Crippen molar-refractivity contribution in [1.82, 2.24) is 4.98 Å². The zero-order valence-corrected chi connectivity index (χ0v) is 10.7. The molecule has 0 aromatic carbocycles. The lowest BCUT2D eigenvalue weighted by atomic mass is 10.1. The van der Waals surface area contributed by atoms with Gasteiger partial charge in [-0.25, -0.2) is 4.98 Å². The summed E-state index contributed by atoms with van der Waals surface area (Å²) in [5.41, 5.74) is 10.9. The lowest BCUT2D eigenvalue weighted by Gasteiger charge is -2.14. The molecule has 1 heterocycles. The Morgan fingerprint density at radius 3 is 2.60 bits per heavy atom. The molecular weight excluding hydrogens is 279 g/mol. The van der Waals surface area contributed by atoms with Gasteiger partial charge in [0.1, 0.15) is 0 Å². The molecule has 0 fully saturated rings. The number of carbonyl (C=O) groups is 1. The van der Waals surface area contributed by atoms with Crippen LogP contribution >= 0.6 is 0 Å². The molecule has 4 N–H and O–H groups in total. The molecule has 112 valence electrons. The molecule has 0 amide bonds. The largest absolute Gasteiger partial charge is 0.574 e. The standard InChI is InChI=1S/C11H14F3N3O3/c1-2-19-9(18)4-6-3-7(16)8(5-15)17-10(6)20-11(12,13)14/h3H,2,4-5,15-16H2,1H3. The molecule has 0 aliphatic rings. The average Bonchev–Trinajstić information content (AvgIpc) is 2.31. The van der Waals surface area contributed by atoms with Gasteiger partial charge in [0.25, 0.3) is 0 Å². The number of rotatable bonds is 5.